The number of hydrogen-bond acceptors (Lipinski definition) is 3. The van der Waals surface area contributed by atoms with Gasteiger partial charge in [0.05, 0.1) is 10.5 Å². The monoisotopic (exact) mass is 576 g/mol. The summed E-state index contributed by atoms with van der Waals surface area (Å²) in [6, 6.07) is 19.1. The Bertz CT molecular complexity index is 1440. The van der Waals surface area contributed by atoms with Crippen molar-refractivity contribution in [1.29, 1.82) is 0 Å². The molecule has 2 atom stereocenters. The first-order valence-corrected chi connectivity index (χ1v) is 14.7. The highest BCUT2D eigenvalue weighted by Crippen LogP contribution is 2.37. The molecule has 0 bridgehead atoms. The molecule has 0 amide bonds. The van der Waals surface area contributed by atoms with Crippen LogP contribution >= 0.6 is 11.6 Å². The van der Waals surface area contributed by atoms with Gasteiger partial charge in [0, 0.05) is 43.2 Å². The van der Waals surface area contributed by atoms with E-state index in [9.17, 15) is 21.6 Å². The van der Waals surface area contributed by atoms with Gasteiger partial charge in [0.25, 0.3) is 0 Å². The van der Waals surface area contributed by atoms with Crippen LogP contribution in [0.5, 0.6) is 0 Å². The van der Waals surface area contributed by atoms with Crippen LogP contribution in [0.3, 0.4) is 0 Å². The zero-order valence-corrected chi connectivity index (χ0v) is 23.7. The normalized spacial score (nSPS) is 18.6. The molecule has 0 saturated carbocycles. The maximum absolute atomic E-state index is 13.4. The van der Waals surface area contributed by atoms with Crippen molar-refractivity contribution < 1.29 is 21.6 Å². The first kappa shape index (κ1) is 29.3. The van der Waals surface area contributed by atoms with Crippen molar-refractivity contribution in [2.45, 2.75) is 43.8 Å². The van der Waals surface area contributed by atoms with Crippen molar-refractivity contribution in [2.75, 3.05) is 26.2 Å². The van der Waals surface area contributed by atoms with E-state index in [2.05, 4.69) is 42.2 Å². The maximum atomic E-state index is 13.4. The molecule has 1 aliphatic rings. The van der Waals surface area contributed by atoms with Crippen LogP contribution in [0.15, 0.2) is 83.8 Å². The van der Waals surface area contributed by atoms with E-state index in [0.29, 0.717) is 18.5 Å². The summed E-state index contributed by atoms with van der Waals surface area (Å²) in [7, 11) is -4.30. The molecule has 9 heteroatoms. The van der Waals surface area contributed by atoms with E-state index in [1.54, 1.807) is 13.0 Å². The largest absolute Gasteiger partial charge is 0.417 e. The Morgan fingerprint density at radius 2 is 1.72 bits per heavy atom. The second-order valence-corrected chi connectivity index (χ2v) is 12.1. The Hall–Kier alpha value is -2.65. The van der Waals surface area contributed by atoms with Gasteiger partial charge < -0.3 is 0 Å². The predicted molar refractivity (Wildman–Crippen MR) is 150 cm³/mol. The molecule has 4 rings (SSSR count). The summed E-state index contributed by atoms with van der Waals surface area (Å²) in [5, 5.41) is 0.749. The van der Waals surface area contributed by atoms with Gasteiger partial charge in [0.2, 0.25) is 10.0 Å². The van der Waals surface area contributed by atoms with Crippen molar-refractivity contribution in [3.63, 3.8) is 0 Å². The number of likely N-dealkylation sites (tertiary alicyclic amines) is 1. The van der Waals surface area contributed by atoms with Crippen LogP contribution in [-0.4, -0.2) is 49.8 Å². The molecule has 1 fully saturated rings. The topological polar surface area (TPSA) is 40.6 Å². The van der Waals surface area contributed by atoms with Crippen molar-refractivity contribution in [3.8, 4) is 11.1 Å². The van der Waals surface area contributed by atoms with Gasteiger partial charge >= 0.3 is 6.18 Å². The third-order valence-electron chi connectivity index (χ3n) is 7.49. The Morgan fingerprint density at radius 3 is 2.36 bits per heavy atom. The van der Waals surface area contributed by atoms with Crippen molar-refractivity contribution in [1.82, 2.24) is 9.21 Å². The standard InChI is InChI=1S/C30H32ClF3N2O2S/c1-4-36(39(37,38)29-13-6-5-11-27(29)30(32,33)34)19-8-7-18-35-20-26(22(35)3)24-16-14-23(15-17-24)25-10-9-12-28(31)21(25)2/h5-17,22,26H,4,18-20H2,1-3H3/b8-7-. The lowest BCUT2D eigenvalue weighted by Gasteiger charge is -2.46. The third-order valence-corrected chi connectivity index (χ3v) is 9.89. The average molecular weight is 577 g/mol. The fourth-order valence-corrected chi connectivity index (χ4v) is 6.79. The first-order chi connectivity index (χ1) is 18.4. The van der Waals surface area contributed by atoms with Crippen LogP contribution < -0.4 is 0 Å². The lowest BCUT2D eigenvalue weighted by atomic mass is 9.83. The lowest BCUT2D eigenvalue weighted by molar-refractivity contribution is -0.139. The molecule has 39 heavy (non-hydrogen) atoms. The highest BCUT2D eigenvalue weighted by Gasteiger charge is 2.38. The highest BCUT2D eigenvalue weighted by molar-refractivity contribution is 7.89. The lowest BCUT2D eigenvalue weighted by Crippen LogP contribution is -2.52. The van der Waals surface area contributed by atoms with Crippen molar-refractivity contribution in [3.05, 3.63) is 101 Å². The molecule has 3 aromatic carbocycles. The molecule has 4 nitrogen and oxygen atoms in total. The number of hydrogen-bond donors (Lipinski definition) is 0. The molecule has 0 radical (unpaired) electrons. The van der Waals surface area contributed by atoms with Gasteiger partial charge in [-0.3, -0.25) is 4.90 Å². The van der Waals surface area contributed by atoms with E-state index in [1.807, 2.05) is 25.1 Å². The molecular formula is C30H32ClF3N2O2S. The van der Waals surface area contributed by atoms with Gasteiger partial charge in [-0.1, -0.05) is 79.2 Å². The minimum absolute atomic E-state index is 0.00105. The van der Waals surface area contributed by atoms with Gasteiger partial charge in [0.1, 0.15) is 0 Å². The minimum Gasteiger partial charge on any atom is -0.296 e. The highest BCUT2D eigenvalue weighted by atomic mass is 35.5. The summed E-state index contributed by atoms with van der Waals surface area (Å²) < 4.78 is 67.3. The molecule has 1 saturated heterocycles. The Balaban J connectivity index is 1.35. The van der Waals surface area contributed by atoms with Gasteiger partial charge in [-0.05, 0) is 54.3 Å². The number of likely N-dealkylation sites (N-methyl/N-ethyl adjacent to an activating group) is 1. The Morgan fingerprint density at radius 1 is 1.03 bits per heavy atom. The number of rotatable bonds is 9. The van der Waals surface area contributed by atoms with E-state index in [0.717, 1.165) is 44.7 Å². The molecule has 3 aromatic rings. The second kappa shape index (κ2) is 11.8. The van der Waals surface area contributed by atoms with Crippen LogP contribution in [0.25, 0.3) is 11.1 Å². The molecule has 1 aliphatic heterocycles. The first-order valence-electron chi connectivity index (χ1n) is 12.9. The summed E-state index contributed by atoms with van der Waals surface area (Å²) in [6.07, 6.45) is -1.16. The smallest absolute Gasteiger partial charge is 0.296 e. The Kier molecular flexibility index (Phi) is 8.91. The molecule has 1 heterocycles. The summed E-state index contributed by atoms with van der Waals surface area (Å²) in [5.74, 6) is 0.388. The van der Waals surface area contributed by atoms with Gasteiger partial charge in [-0.2, -0.15) is 17.5 Å². The van der Waals surface area contributed by atoms with Crippen molar-refractivity contribution >= 4 is 21.6 Å². The number of benzene rings is 3. The molecule has 0 N–H and O–H groups in total. The van der Waals surface area contributed by atoms with Crippen LogP contribution in [0.4, 0.5) is 13.2 Å². The number of halogens is 4. The van der Waals surface area contributed by atoms with Crippen molar-refractivity contribution in [2.24, 2.45) is 0 Å². The summed E-state index contributed by atoms with van der Waals surface area (Å²) >= 11 is 6.28. The van der Waals surface area contributed by atoms with E-state index in [-0.39, 0.29) is 13.1 Å². The summed E-state index contributed by atoms with van der Waals surface area (Å²) in [4.78, 5) is 1.56. The van der Waals surface area contributed by atoms with Crippen LogP contribution in [-0.2, 0) is 16.2 Å². The number of alkyl halides is 3. The van der Waals surface area contributed by atoms with E-state index < -0.39 is 26.7 Å². The SMILES string of the molecule is CCN(C/C=C\CN1CC(c2ccc(-c3cccc(Cl)c3C)cc2)C1C)S(=O)(=O)c1ccccc1C(F)(F)F. The second-order valence-electron chi connectivity index (χ2n) is 9.76. The number of sulfonamides is 1. The predicted octanol–water partition coefficient (Wildman–Crippen LogP) is 7.39. The summed E-state index contributed by atoms with van der Waals surface area (Å²) in [6.45, 7) is 7.36. The van der Waals surface area contributed by atoms with E-state index in [4.69, 9.17) is 11.6 Å². The molecule has 0 spiro atoms. The molecule has 0 aliphatic carbocycles. The quantitative estimate of drug-likeness (QED) is 0.249. The van der Waals surface area contributed by atoms with Gasteiger partial charge in [0.15, 0.2) is 0 Å². The number of nitrogens with zero attached hydrogens (tertiary/aromatic N) is 2. The molecular weight excluding hydrogens is 545 g/mol. The third kappa shape index (κ3) is 6.24. The fraction of sp³-hybridized carbons (Fsp3) is 0.333. The van der Waals surface area contributed by atoms with Gasteiger partial charge in [-0.25, -0.2) is 8.42 Å². The zero-order valence-electron chi connectivity index (χ0n) is 22.1. The zero-order chi connectivity index (χ0) is 28.4. The molecule has 2 unspecified atom stereocenters. The summed E-state index contributed by atoms with van der Waals surface area (Å²) in [5.41, 5.74) is 3.41. The van der Waals surface area contributed by atoms with Crippen LogP contribution in [0.2, 0.25) is 5.02 Å². The van der Waals surface area contributed by atoms with Crippen LogP contribution in [0.1, 0.15) is 36.5 Å². The minimum atomic E-state index is -4.75. The Labute approximate surface area is 233 Å². The van der Waals surface area contributed by atoms with Crippen LogP contribution in [0, 0.1) is 6.92 Å². The molecule has 0 aromatic heterocycles. The maximum Gasteiger partial charge on any atom is 0.417 e. The van der Waals surface area contributed by atoms with E-state index >= 15 is 0 Å². The van der Waals surface area contributed by atoms with E-state index in [1.165, 1.54) is 17.7 Å². The molecule has 208 valence electrons. The average Bonchev–Trinajstić information content (AvgIpc) is 2.91. The van der Waals surface area contributed by atoms with Gasteiger partial charge in [-0.15, -0.1) is 0 Å². The fourth-order valence-electron chi connectivity index (χ4n) is 5.01.